The van der Waals surface area contributed by atoms with Gasteiger partial charge < -0.3 is 10.6 Å². The maximum Gasteiger partial charge on any atom is 0.341 e. The third-order valence-corrected chi connectivity index (χ3v) is 4.31. The van der Waals surface area contributed by atoms with Crippen molar-refractivity contribution in [2.75, 3.05) is 13.1 Å². The molecule has 2 N–H and O–H groups in total. The van der Waals surface area contributed by atoms with Gasteiger partial charge in [0, 0.05) is 24.6 Å². The van der Waals surface area contributed by atoms with Crippen LogP contribution in [0.1, 0.15) is 24.2 Å². The topological polar surface area (TPSA) is 92.3 Å². The van der Waals surface area contributed by atoms with E-state index in [2.05, 4.69) is 10.6 Å². The number of carbonyl (C=O) groups is 2. The molecule has 1 aromatic rings. The van der Waals surface area contributed by atoms with Crippen molar-refractivity contribution in [3.63, 3.8) is 0 Å². The number of hydrogen-bond donors (Lipinski definition) is 2. The normalized spacial score (nSPS) is 11.6. The van der Waals surface area contributed by atoms with E-state index in [1.165, 1.54) is 0 Å². The smallest absolute Gasteiger partial charge is 0.341 e. The predicted molar refractivity (Wildman–Crippen MR) is 79.8 cm³/mol. The average molecular weight is 348 g/mol. The second-order valence-electron chi connectivity index (χ2n) is 5.03. The quantitative estimate of drug-likeness (QED) is 0.724. The van der Waals surface area contributed by atoms with Crippen LogP contribution in [-0.2, 0) is 14.6 Å². The molecule has 0 fully saturated rings. The minimum Gasteiger partial charge on any atom is -0.354 e. The van der Waals surface area contributed by atoms with Gasteiger partial charge in [-0.15, -0.1) is 0 Å². The summed E-state index contributed by atoms with van der Waals surface area (Å²) in [6.45, 7) is 3.92. The molecular weight excluding hydrogens is 330 g/mol. The highest BCUT2D eigenvalue weighted by atomic mass is 32.2. The Hall–Kier alpha value is -2.03. The monoisotopic (exact) mass is 348 g/mol. The number of benzene rings is 1. The Morgan fingerprint density at radius 3 is 2.04 bits per heavy atom. The summed E-state index contributed by atoms with van der Waals surface area (Å²) < 4.78 is 47.3. The van der Waals surface area contributed by atoms with E-state index in [4.69, 9.17) is 0 Å². The zero-order valence-electron chi connectivity index (χ0n) is 12.7. The van der Waals surface area contributed by atoms with Crippen molar-refractivity contribution in [3.05, 3.63) is 29.8 Å². The lowest BCUT2D eigenvalue weighted by molar-refractivity contribution is -0.123. The second-order valence-corrected chi connectivity index (χ2v) is 6.95. The van der Waals surface area contributed by atoms with Gasteiger partial charge in [-0.25, -0.2) is 8.42 Å². The molecule has 0 aliphatic rings. The van der Waals surface area contributed by atoms with Crippen molar-refractivity contribution in [2.45, 2.75) is 24.5 Å². The van der Waals surface area contributed by atoms with Gasteiger partial charge in [0.25, 0.3) is 5.91 Å². The van der Waals surface area contributed by atoms with Crippen LogP contribution < -0.4 is 10.6 Å². The zero-order valence-corrected chi connectivity index (χ0v) is 13.5. The van der Waals surface area contributed by atoms with Crippen molar-refractivity contribution in [1.82, 2.24) is 10.6 Å². The lowest BCUT2D eigenvalue weighted by Crippen LogP contribution is -2.36. The summed E-state index contributed by atoms with van der Waals surface area (Å²) in [7, 11) is -4.67. The van der Waals surface area contributed by atoms with Crippen LogP contribution in [0.3, 0.4) is 0 Å². The van der Waals surface area contributed by atoms with E-state index in [0.717, 1.165) is 24.3 Å². The van der Waals surface area contributed by atoms with Gasteiger partial charge >= 0.3 is 5.76 Å². The van der Waals surface area contributed by atoms with E-state index in [1.54, 1.807) is 13.8 Å². The first-order valence-corrected chi connectivity index (χ1v) is 8.39. The lowest BCUT2D eigenvalue weighted by atomic mass is 10.2. The maximum absolute atomic E-state index is 12.4. The van der Waals surface area contributed by atoms with Crippen LogP contribution in [0.15, 0.2) is 29.2 Å². The number of hydrogen-bond acceptors (Lipinski definition) is 4. The van der Waals surface area contributed by atoms with Crippen molar-refractivity contribution in [2.24, 2.45) is 5.92 Å². The number of nitrogens with one attached hydrogen (secondary N) is 2. The number of halogens is 2. The SMILES string of the molecule is CC(C)C(=O)NCCNC(=O)c1ccc(S(=O)(=O)C(F)F)cc1. The molecule has 0 unspecified atom stereocenters. The Kier molecular flexibility index (Phi) is 6.62. The molecule has 1 aromatic carbocycles. The highest BCUT2D eigenvalue weighted by Crippen LogP contribution is 2.18. The summed E-state index contributed by atoms with van der Waals surface area (Å²) in [5.41, 5.74) is 0.133. The molecule has 0 saturated heterocycles. The van der Waals surface area contributed by atoms with E-state index in [1.807, 2.05) is 0 Å². The Morgan fingerprint density at radius 1 is 1.04 bits per heavy atom. The van der Waals surface area contributed by atoms with Gasteiger partial charge in [-0.05, 0) is 24.3 Å². The van der Waals surface area contributed by atoms with Crippen LogP contribution in [0, 0.1) is 5.92 Å². The van der Waals surface area contributed by atoms with Gasteiger partial charge in [-0.3, -0.25) is 9.59 Å². The molecule has 0 atom stereocenters. The van der Waals surface area contributed by atoms with Gasteiger partial charge in [0.05, 0.1) is 4.90 Å². The van der Waals surface area contributed by atoms with Crippen LogP contribution in [0.25, 0.3) is 0 Å². The van der Waals surface area contributed by atoms with Crippen LogP contribution in [0.4, 0.5) is 8.78 Å². The van der Waals surface area contributed by atoms with E-state index in [0.29, 0.717) is 0 Å². The third kappa shape index (κ3) is 5.27. The summed E-state index contributed by atoms with van der Waals surface area (Å²) in [5, 5.41) is 5.14. The highest BCUT2D eigenvalue weighted by Gasteiger charge is 2.26. The lowest BCUT2D eigenvalue weighted by Gasteiger charge is -2.09. The van der Waals surface area contributed by atoms with Gasteiger partial charge in [0.15, 0.2) is 0 Å². The fourth-order valence-corrected chi connectivity index (χ4v) is 2.29. The molecular formula is C14H18F2N2O4S. The molecule has 2 amide bonds. The van der Waals surface area contributed by atoms with E-state index in [-0.39, 0.29) is 30.5 Å². The number of amides is 2. The number of rotatable bonds is 7. The molecule has 23 heavy (non-hydrogen) atoms. The number of alkyl halides is 2. The van der Waals surface area contributed by atoms with Crippen LogP contribution >= 0.6 is 0 Å². The highest BCUT2D eigenvalue weighted by molar-refractivity contribution is 7.91. The summed E-state index contributed by atoms with van der Waals surface area (Å²) in [4.78, 5) is 22.6. The molecule has 9 heteroatoms. The minimum atomic E-state index is -4.67. The molecule has 0 spiro atoms. The molecule has 128 valence electrons. The molecule has 0 aromatic heterocycles. The summed E-state index contributed by atoms with van der Waals surface area (Å²) in [6.07, 6.45) is 0. The second kappa shape index (κ2) is 8.00. The van der Waals surface area contributed by atoms with Crippen LogP contribution in [0.5, 0.6) is 0 Å². The Balaban J connectivity index is 2.57. The molecule has 0 aliphatic carbocycles. The standard InChI is InChI=1S/C14H18F2N2O4S/c1-9(2)12(19)17-7-8-18-13(20)10-3-5-11(6-4-10)23(21,22)14(15)16/h3-6,9,14H,7-8H2,1-2H3,(H,17,19)(H,18,20). The molecule has 0 heterocycles. The molecule has 0 bridgehead atoms. The summed E-state index contributed by atoms with van der Waals surface area (Å²) in [6, 6.07) is 4.21. The minimum absolute atomic E-state index is 0.133. The summed E-state index contributed by atoms with van der Waals surface area (Å²) >= 11 is 0. The van der Waals surface area contributed by atoms with Gasteiger partial charge in [-0.1, -0.05) is 13.8 Å². The Morgan fingerprint density at radius 2 is 1.57 bits per heavy atom. The molecule has 6 nitrogen and oxygen atoms in total. The van der Waals surface area contributed by atoms with Crippen LogP contribution in [-0.4, -0.2) is 39.1 Å². The largest absolute Gasteiger partial charge is 0.354 e. The van der Waals surface area contributed by atoms with Gasteiger partial charge in [0.2, 0.25) is 15.7 Å². The third-order valence-electron chi connectivity index (χ3n) is 2.91. The molecule has 1 rings (SSSR count). The fourth-order valence-electron chi connectivity index (χ4n) is 1.57. The van der Waals surface area contributed by atoms with Gasteiger partial charge in [0.1, 0.15) is 0 Å². The zero-order chi connectivity index (χ0) is 17.6. The Labute approximate surface area is 133 Å². The Bertz CT molecular complexity index is 658. The van der Waals surface area contributed by atoms with Crippen molar-refractivity contribution >= 4 is 21.7 Å². The van der Waals surface area contributed by atoms with Gasteiger partial charge in [-0.2, -0.15) is 8.78 Å². The average Bonchev–Trinajstić information content (AvgIpc) is 2.50. The number of carbonyl (C=O) groups excluding carboxylic acids is 2. The predicted octanol–water partition coefficient (Wildman–Crippen LogP) is 1.18. The fraction of sp³-hybridized carbons (Fsp3) is 0.429. The first kappa shape index (κ1) is 19.0. The molecule has 0 saturated carbocycles. The number of sulfone groups is 1. The first-order chi connectivity index (χ1) is 10.7. The van der Waals surface area contributed by atoms with Crippen molar-refractivity contribution in [1.29, 1.82) is 0 Å². The summed E-state index contributed by atoms with van der Waals surface area (Å²) in [5.74, 6) is -4.30. The van der Waals surface area contributed by atoms with Crippen molar-refractivity contribution < 1.29 is 26.8 Å². The molecule has 0 aliphatic heterocycles. The van der Waals surface area contributed by atoms with E-state index >= 15 is 0 Å². The van der Waals surface area contributed by atoms with E-state index in [9.17, 15) is 26.8 Å². The maximum atomic E-state index is 12.4. The molecule has 0 radical (unpaired) electrons. The first-order valence-electron chi connectivity index (χ1n) is 6.84. The van der Waals surface area contributed by atoms with Crippen molar-refractivity contribution in [3.8, 4) is 0 Å². The van der Waals surface area contributed by atoms with Crippen LogP contribution in [0.2, 0.25) is 0 Å². The van der Waals surface area contributed by atoms with E-state index < -0.39 is 26.4 Å².